The average Bonchev–Trinajstić information content (AvgIpc) is 2.70. The minimum Gasteiger partial charge on any atom is -0.296 e. The van der Waals surface area contributed by atoms with Crippen LogP contribution in [0.15, 0.2) is 29.8 Å². The van der Waals surface area contributed by atoms with E-state index in [1.807, 2.05) is 25.1 Å². The molecule has 1 amide bonds. The third-order valence-corrected chi connectivity index (χ3v) is 2.47. The fourth-order valence-corrected chi connectivity index (χ4v) is 1.62. The lowest BCUT2D eigenvalue weighted by molar-refractivity contribution is 0.102. The predicted octanol–water partition coefficient (Wildman–Crippen LogP) is 2.10. The zero-order chi connectivity index (χ0) is 10.7. The molecule has 1 heterocycles. The van der Waals surface area contributed by atoms with Crippen molar-refractivity contribution < 1.29 is 4.79 Å². The first-order valence-corrected chi connectivity index (χ1v) is 5.28. The number of hydrogen-bond acceptors (Lipinski definition) is 4. The number of anilines is 1. The van der Waals surface area contributed by atoms with Gasteiger partial charge in [0.15, 0.2) is 0 Å². The Balaban J connectivity index is 2.15. The maximum Gasteiger partial charge on any atom is 0.257 e. The van der Waals surface area contributed by atoms with E-state index in [1.54, 1.807) is 11.6 Å². The number of amides is 1. The second-order valence-corrected chi connectivity index (χ2v) is 3.90. The third-order valence-electron chi connectivity index (χ3n) is 1.86. The molecule has 0 radical (unpaired) electrons. The van der Waals surface area contributed by atoms with E-state index in [9.17, 15) is 4.79 Å². The van der Waals surface area contributed by atoms with Crippen LogP contribution < -0.4 is 5.32 Å². The first kappa shape index (κ1) is 9.79. The lowest BCUT2D eigenvalue weighted by Gasteiger charge is -2.01. The van der Waals surface area contributed by atoms with Crippen molar-refractivity contribution in [2.75, 3.05) is 5.32 Å². The number of rotatable bonds is 2. The van der Waals surface area contributed by atoms with Gasteiger partial charge in [0.05, 0.1) is 0 Å². The summed E-state index contributed by atoms with van der Waals surface area (Å²) in [6.45, 7) is 1.95. The molecular formula is C10H9N3OS. The highest BCUT2D eigenvalue weighted by Gasteiger charge is 2.07. The van der Waals surface area contributed by atoms with Gasteiger partial charge >= 0.3 is 0 Å². The molecule has 0 fully saturated rings. The van der Waals surface area contributed by atoms with Crippen LogP contribution in [0.1, 0.15) is 15.9 Å². The first-order valence-electron chi connectivity index (χ1n) is 4.40. The van der Waals surface area contributed by atoms with E-state index in [-0.39, 0.29) is 5.91 Å². The molecule has 1 aromatic heterocycles. The van der Waals surface area contributed by atoms with Crippen LogP contribution in [0.2, 0.25) is 0 Å². The van der Waals surface area contributed by atoms with E-state index in [4.69, 9.17) is 0 Å². The number of benzene rings is 1. The maximum atomic E-state index is 11.7. The zero-order valence-corrected chi connectivity index (χ0v) is 8.91. The van der Waals surface area contributed by atoms with Gasteiger partial charge in [-0.25, -0.2) is 0 Å². The van der Waals surface area contributed by atoms with Gasteiger partial charge in [0, 0.05) is 5.56 Å². The van der Waals surface area contributed by atoms with Crippen molar-refractivity contribution >= 4 is 22.4 Å². The van der Waals surface area contributed by atoms with Gasteiger partial charge < -0.3 is 0 Å². The Morgan fingerprint density at radius 2 is 2.33 bits per heavy atom. The molecule has 1 N–H and O–H groups in total. The number of carbonyl (C=O) groups excluding carboxylic acids is 1. The van der Waals surface area contributed by atoms with E-state index in [0.29, 0.717) is 10.7 Å². The minimum absolute atomic E-state index is 0.157. The second-order valence-electron chi connectivity index (χ2n) is 3.07. The van der Waals surface area contributed by atoms with Crippen LogP contribution in [0.5, 0.6) is 0 Å². The van der Waals surface area contributed by atoms with Gasteiger partial charge in [-0.15, -0.1) is 10.2 Å². The van der Waals surface area contributed by atoms with Gasteiger partial charge in [0.2, 0.25) is 5.13 Å². The van der Waals surface area contributed by atoms with E-state index in [1.165, 1.54) is 11.3 Å². The molecule has 2 rings (SSSR count). The van der Waals surface area contributed by atoms with Crippen LogP contribution in [0, 0.1) is 6.92 Å². The summed E-state index contributed by atoms with van der Waals surface area (Å²) in [5, 5.41) is 10.6. The van der Waals surface area contributed by atoms with Crippen molar-refractivity contribution in [3.8, 4) is 0 Å². The molecule has 4 nitrogen and oxygen atoms in total. The Kier molecular flexibility index (Phi) is 2.73. The summed E-state index contributed by atoms with van der Waals surface area (Å²) >= 11 is 1.30. The fourth-order valence-electron chi connectivity index (χ4n) is 1.18. The summed E-state index contributed by atoms with van der Waals surface area (Å²) in [4.78, 5) is 11.7. The highest BCUT2D eigenvalue weighted by atomic mass is 32.1. The smallest absolute Gasteiger partial charge is 0.257 e. The average molecular weight is 219 g/mol. The van der Waals surface area contributed by atoms with Gasteiger partial charge in [-0.05, 0) is 19.1 Å². The van der Waals surface area contributed by atoms with Gasteiger partial charge in [0.1, 0.15) is 5.51 Å². The van der Waals surface area contributed by atoms with Crippen molar-refractivity contribution in [2.24, 2.45) is 0 Å². The number of hydrogen-bond donors (Lipinski definition) is 1. The number of aryl methyl sites for hydroxylation is 1. The van der Waals surface area contributed by atoms with Crippen molar-refractivity contribution in [3.63, 3.8) is 0 Å². The van der Waals surface area contributed by atoms with Crippen LogP contribution in [0.25, 0.3) is 0 Å². The molecule has 2 aromatic rings. The standard InChI is InChI=1S/C10H9N3OS/c1-7-3-2-4-8(5-7)9(14)12-10-13-11-6-15-10/h2-6H,1H3,(H,12,13,14). The molecule has 76 valence electrons. The van der Waals surface area contributed by atoms with Gasteiger partial charge in [-0.3, -0.25) is 10.1 Å². The molecule has 0 unspecified atom stereocenters. The van der Waals surface area contributed by atoms with Crippen LogP contribution in [0.3, 0.4) is 0 Å². The first-order chi connectivity index (χ1) is 7.25. The highest BCUT2D eigenvalue weighted by molar-refractivity contribution is 7.13. The summed E-state index contributed by atoms with van der Waals surface area (Å²) in [6.07, 6.45) is 0. The molecule has 15 heavy (non-hydrogen) atoms. The Bertz CT molecular complexity index is 467. The fraction of sp³-hybridized carbons (Fsp3) is 0.100. The van der Waals surface area contributed by atoms with Crippen LogP contribution >= 0.6 is 11.3 Å². The summed E-state index contributed by atoms with van der Waals surface area (Å²) in [5.74, 6) is -0.157. The maximum absolute atomic E-state index is 11.7. The third kappa shape index (κ3) is 2.38. The van der Waals surface area contributed by atoms with E-state index in [2.05, 4.69) is 15.5 Å². The molecule has 0 bridgehead atoms. The normalized spacial score (nSPS) is 9.93. The lowest BCUT2D eigenvalue weighted by Crippen LogP contribution is -2.11. The molecule has 0 atom stereocenters. The molecule has 0 aliphatic carbocycles. The van der Waals surface area contributed by atoms with Crippen molar-refractivity contribution in [1.82, 2.24) is 10.2 Å². The summed E-state index contributed by atoms with van der Waals surface area (Å²) < 4.78 is 0. The summed E-state index contributed by atoms with van der Waals surface area (Å²) in [6, 6.07) is 7.39. The molecule has 0 saturated heterocycles. The molecule has 0 spiro atoms. The van der Waals surface area contributed by atoms with E-state index >= 15 is 0 Å². The Morgan fingerprint density at radius 1 is 1.47 bits per heavy atom. The molecule has 0 saturated carbocycles. The number of nitrogens with zero attached hydrogens (tertiary/aromatic N) is 2. The Labute approximate surface area is 91.0 Å². The molecule has 5 heteroatoms. The number of nitrogens with one attached hydrogen (secondary N) is 1. The lowest BCUT2D eigenvalue weighted by atomic mass is 10.1. The second kappa shape index (κ2) is 4.18. The van der Waals surface area contributed by atoms with Gasteiger partial charge in [-0.1, -0.05) is 29.0 Å². The summed E-state index contributed by atoms with van der Waals surface area (Å²) in [5.41, 5.74) is 3.26. The van der Waals surface area contributed by atoms with Crippen LogP contribution in [0.4, 0.5) is 5.13 Å². The predicted molar refractivity (Wildman–Crippen MR) is 59.0 cm³/mol. The van der Waals surface area contributed by atoms with Gasteiger partial charge in [0.25, 0.3) is 5.91 Å². The quantitative estimate of drug-likeness (QED) is 0.841. The monoisotopic (exact) mass is 219 g/mol. The van der Waals surface area contributed by atoms with Crippen LogP contribution in [-0.4, -0.2) is 16.1 Å². The minimum atomic E-state index is -0.157. The molecule has 0 aliphatic heterocycles. The van der Waals surface area contributed by atoms with Crippen molar-refractivity contribution in [2.45, 2.75) is 6.92 Å². The molecule has 1 aromatic carbocycles. The molecular weight excluding hydrogens is 210 g/mol. The highest BCUT2D eigenvalue weighted by Crippen LogP contribution is 2.11. The Morgan fingerprint density at radius 3 is 3.00 bits per heavy atom. The summed E-state index contributed by atoms with van der Waals surface area (Å²) in [7, 11) is 0. The number of aromatic nitrogens is 2. The van der Waals surface area contributed by atoms with Crippen molar-refractivity contribution in [1.29, 1.82) is 0 Å². The SMILES string of the molecule is Cc1cccc(C(=O)Nc2nncs2)c1. The van der Waals surface area contributed by atoms with Crippen LogP contribution in [-0.2, 0) is 0 Å². The van der Waals surface area contributed by atoms with E-state index in [0.717, 1.165) is 5.56 Å². The topological polar surface area (TPSA) is 54.9 Å². The van der Waals surface area contributed by atoms with Crippen molar-refractivity contribution in [3.05, 3.63) is 40.9 Å². The largest absolute Gasteiger partial charge is 0.296 e. The van der Waals surface area contributed by atoms with Gasteiger partial charge in [-0.2, -0.15) is 0 Å². The molecule has 0 aliphatic rings. The Hall–Kier alpha value is -1.75. The zero-order valence-electron chi connectivity index (χ0n) is 8.10. The van der Waals surface area contributed by atoms with E-state index < -0.39 is 0 Å². The number of carbonyl (C=O) groups is 1.